The molecule has 0 saturated carbocycles. The average Bonchev–Trinajstić information content (AvgIpc) is 2.85. The summed E-state index contributed by atoms with van der Waals surface area (Å²) >= 11 is 1.28. The van der Waals surface area contributed by atoms with Crippen molar-refractivity contribution >= 4 is 29.4 Å². The van der Waals surface area contributed by atoms with Gasteiger partial charge in [-0.05, 0) is 32.2 Å². The van der Waals surface area contributed by atoms with Crippen molar-refractivity contribution in [3.63, 3.8) is 0 Å². The Bertz CT molecular complexity index is 755. The van der Waals surface area contributed by atoms with Crippen LogP contribution in [-0.2, 0) is 11.8 Å². The van der Waals surface area contributed by atoms with E-state index in [9.17, 15) is 9.59 Å². The number of ether oxygens (including phenoxy) is 1. The number of nitrogens with zero attached hydrogens (tertiary/aromatic N) is 2. The van der Waals surface area contributed by atoms with E-state index in [1.54, 1.807) is 32.4 Å². The number of carbonyl (C=O) groups is 2. The summed E-state index contributed by atoms with van der Waals surface area (Å²) in [5.74, 6) is -0.187. The van der Waals surface area contributed by atoms with Gasteiger partial charge in [-0.25, -0.2) is 0 Å². The number of aryl methyl sites for hydroxylation is 2. The summed E-state index contributed by atoms with van der Waals surface area (Å²) in [4.78, 5) is 24.0. The minimum Gasteiger partial charge on any atom is -0.481 e. The van der Waals surface area contributed by atoms with Crippen LogP contribution < -0.4 is 15.8 Å². The van der Waals surface area contributed by atoms with Gasteiger partial charge in [-0.1, -0.05) is 17.7 Å². The molecule has 2 aromatic rings. The van der Waals surface area contributed by atoms with Crippen molar-refractivity contribution in [3.05, 3.63) is 35.4 Å². The third-order valence-electron chi connectivity index (χ3n) is 3.40. The van der Waals surface area contributed by atoms with Crippen LogP contribution in [0.15, 0.2) is 29.3 Å². The Morgan fingerprint density at radius 1 is 1.33 bits per heavy atom. The van der Waals surface area contributed by atoms with E-state index in [2.05, 4.69) is 10.4 Å². The Balaban J connectivity index is 2.15. The molecule has 1 heterocycles. The Hall–Kier alpha value is -2.48. The van der Waals surface area contributed by atoms with E-state index in [1.807, 2.05) is 19.1 Å². The molecule has 2 amide bonds. The quantitative estimate of drug-likeness (QED) is 0.778. The highest BCUT2D eigenvalue weighted by Gasteiger charge is 2.24. The van der Waals surface area contributed by atoms with Crippen LogP contribution >= 0.6 is 11.8 Å². The zero-order valence-corrected chi connectivity index (χ0v) is 14.8. The monoisotopic (exact) mass is 348 g/mol. The van der Waals surface area contributed by atoms with E-state index in [1.165, 1.54) is 16.4 Å². The number of rotatable bonds is 6. The fourth-order valence-electron chi connectivity index (χ4n) is 2.10. The summed E-state index contributed by atoms with van der Waals surface area (Å²) in [6.07, 6.45) is 1.03. The highest BCUT2D eigenvalue weighted by Crippen LogP contribution is 2.26. The topological polar surface area (TPSA) is 99.2 Å². The minimum atomic E-state index is -0.749. The lowest BCUT2D eigenvalue weighted by Crippen LogP contribution is -2.31. The highest BCUT2D eigenvalue weighted by atomic mass is 32.2. The van der Waals surface area contributed by atoms with Crippen molar-refractivity contribution < 1.29 is 14.3 Å². The summed E-state index contributed by atoms with van der Waals surface area (Å²) in [5, 5.41) is 7.31. The maximum atomic E-state index is 12.4. The van der Waals surface area contributed by atoms with E-state index in [0.29, 0.717) is 10.8 Å². The molecule has 0 unspecified atom stereocenters. The molecular formula is C16H20N4O3S. The molecule has 2 rings (SSSR count). The molecule has 1 atom stereocenters. The van der Waals surface area contributed by atoms with E-state index in [4.69, 9.17) is 10.5 Å². The normalized spacial score (nSPS) is 11.8. The number of anilines is 1. The summed E-state index contributed by atoms with van der Waals surface area (Å²) in [6.45, 7) is 3.60. The Labute approximate surface area is 144 Å². The summed E-state index contributed by atoms with van der Waals surface area (Å²) in [7, 11) is 1.63. The summed E-state index contributed by atoms with van der Waals surface area (Å²) in [5.41, 5.74) is 6.70. The number of thioether (sulfide) groups is 1. The van der Waals surface area contributed by atoms with Crippen LogP contribution in [0.2, 0.25) is 0 Å². The zero-order chi connectivity index (χ0) is 17.9. The van der Waals surface area contributed by atoms with Crippen molar-refractivity contribution in [2.45, 2.75) is 25.0 Å². The summed E-state index contributed by atoms with van der Waals surface area (Å²) < 4.78 is 7.03. The van der Waals surface area contributed by atoms with E-state index in [0.717, 1.165) is 5.56 Å². The lowest BCUT2D eigenvalue weighted by atomic mass is 10.2. The maximum Gasteiger partial charge on any atom is 0.266 e. The molecule has 0 aliphatic rings. The predicted octanol–water partition coefficient (Wildman–Crippen LogP) is 1.96. The fraction of sp³-hybridized carbons (Fsp3) is 0.312. The maximum absolute atomic E-state index is 12.4. The van der Waals surface area contributed by atoms with Gasteiger partial charge >= 0.3 is 0 Å². The van der Waals surface area contributed by atoms with Crippen LogP contribution in [0.3, 0.4) is 0 Å². The lowest BCUT2D eigenvalue weighted by Gasteiger charge is -2.15. The van der Waals surface area contributed by atoms with Crippen molar-refractivity contribution in [1.82, 2.24) is 9.78 Å². The van der Waals surface area contributed by atoms with Crippen LogP contribution in [-0.4, -0.2) is 34.0 Å². The van der Waals surface area contributed by atoms with E-state index < -0.39 is 17.9 Å². The Morgan fingerprint density at radius 2 is 1.96 bits per heavy atom. The van der Waals surface area contributed by atoms with Gasteiger partial charge in [-0.3, -0.25) is 14.3 Å². The number of nitrogens with one attached hydrogen (secondary N) is 1. The first-order valence-electron chi connectivity index (χ1n) is 7.28. The Kier molecular flexibility index (Phi) is 5.50. The molecule has 1 aromatic carbocycles. The molecule has 3 N–H and O–H groups in total. The molecule has 0 bridgehead atoms. The Morgan fingerprint density at radius 3 is 2.50 bits per heavy atom. The third kappa shape index (κ3) is 3.88. The molecule has 0 aliphatic carbocycles. The molecule has 8 heteroatoms. The van der Waals surface area contributed by atoms with Gasteiger partial charge in [0.2, 0.25) is 0 Å². The minimum absolute atomic E-state index is 0.195. The number of amides is 2. The molecule has 0 spiro atoms. The van der Waals surface area contributed by atoms with E-state index in [-0.39, 0.29) is 11.4 Å². The standard InChI is InChI=1S/C16H20N4O3S/c1-9-5-7-11(8-6-9)23-10(2)15(22)18-14-12(13(17)21)16(24-4)19-20(14)3/h5-8,10H,1-4H3,(H2,17,21)(H,18,22)/t10-/m1/s1. The number of benzene rings is 1. The van der Waals surface area contributed by atoms with Crippen LogP contribution in [0.5, 0.6) is 5.75 Å². The second-order valence-electron chi connectivity index (χ2n) is 5.28. The van der Waals surface area contributed by atoms with Gasteiger partial charge in [0.15, 0.2) is 6.10 Å². The molecule has 0 radical (unpaired) electrons. The second-order valence-corrected chi connectivity index (χ2v) is 6.08. The van der Waals surface area contributed by atoms with Crippen LogP contribution in [0.25, 0.3) is 0 Å². The number of aromatic nitrogens is 2. The first-order chi connectivity index (χ1) is 11.3. The van der Waals surface area contributed by atoms with Crippen molar-refractivity contribution in [2.75, 3.05) is 11.6 Å². The van der Waals surface area contributed by atoms with Gasteiger partial charge in [0.1, 0.15) is 22.2 Å². The molecule has 0 saturated heterocycles. The largest absolute Gasteiger partial charge is 0.481 e. The number of nitrogens with two attached hydrogens (primary N) is 1. The van der Waals surface area contributed by atoms with Gasteiger partial charge in [0.25, 0.3) is 11.8 Å². The van der Waals surface area contributed by atoms with Crippen molar-refractivity contribution in [1.29, 1.82) is 0 Å². The smallest absolute Gasteiger partial charge is 0.266 e. The van der Waals surface area contributed by atoms with Crippen molar-refractivity contribution in [2.24, 2.45) is 12.8 Å². The van der Waals surface area contributed by atoms with Crippen LogP contribution in [0.4, 0.5) is 5.82 Å². The number of hydrogen-bond acceptors (Lipinski definition) is 5. The number of carbonyl (C=O) groups excluding carboxylic acids is 2. The third-order valence-corrected chi connectivity index (χ3v) is 4.07. The summed E-state index contributed by atoms with van der Waals surface area (Å²) in [6, 6.07) is 7.39. The average molecular weight is 348 g/mol. The molecular weight excluding hydrogens is 328 g/mol. The zero-order valence-electron chi connectivity index (χ0n) is 14.0. The van der Waals surface area contributed by atoms with Gasteiger partial charge < -0.3 is 15.8 Å². The van der Waals surface area contributed by atoms with E-state index >= 15 is 0 Å². The molecule has 128 valence electrons. The van der Waals surface area contributed by atoms with Crippen LogP contribution in [0.1, 0.15) is 22.8 Å². The fourth-order valence-corrected chi connectivity index (χ4v) is 2.71. The van der Waals surface area contributed by atoms with Gasteiger partial charge in [-0.15, -0.1) is 11.8 Å². The second kappa shape index (κ2) is 7.39. The molecule has 0 aliphatic heterocycles. The van der Waals surface area contributed by atoms with Crippen LogP contribution in [0, 0.1) is 6.92 Å². The van der Waals surface area contributed by atoms with Gasteiger partial charge in [0.05, 0.1) is 0 Å². The molecule has 7 nitrogen and oxygen atoms in total. The van der Waals surface area contributed by atoms with Gasteiger partial charge in [0, 0.05) is 7.05 Å². The van der Waals surface area contributed by atoms with Crippen molar-refractivity contribution in [3.8, 4) is 5.75 Å². The SMILES string of the molecule is CSc1nn(C)c(NC(=O)[C@@H](C)Oc2ccc(C)cc2)c1C(N)=O. The first-order valence-corrected chi connectivity index (χ1v) is 8.51. The molecule has 1 aromatic heterocycles. The molecule has 0 fully saturated rings. The predicted molar refractivity (Wildman–Crippen MR) is 93.4 cm³/mol. The molecule has 24 heavy (non-hydrogen) atoms. The van der Waals surface area contributed by atoms with Gasteiger partial charge in [-0.2, -0.15) is 5.10 Å². The first kappa shape index (κ1) is 17.9. The number of primary amides is 1. The number of hydrogen-bond donors (Lipinski definition) is 2. The lowest BCUT2D eigenvalue weighted by molar-refractivity contribution is -0.122. The highest BCUT2D eigenvalue weighted by molar-refractivity contribution is 7.98.